The number of hydrogen-bond donors (Lipinski definition) is 3. The molecule has 0 spiro atoms. The van der Waals surface area contributed by atoms with Gasteiger partial charge in [-0.05, 0) is 18.2 Å². The fraction of sp³-hybridized carbons (Fsp3) is 0.292. The van der Waals surface area contributed by atoms with Gasteiger partial charge in [-0.2, -0.15) is 0 Å². The van der Waals surface area contributed by atoms with Crippen LogP contribution in [0.3, 0.4) is 0 Å². The molecular formula is C24H23F3N4O3. The van der Waals surface area contributed by atoms with Gasteiger partial charge in [-0.15, -0.1) is 0 Å². The Morgan fingerprint density at radius 1 is 1.15 bits per heavy atom. The molecule has 4 rings (SSSR count). The monoisotopic (exact) mass is 472 g/mol. The SMILES string of the molecule is C[C@H]1CN(c2ccncc2CC(=O)c2nc(-c3c(F)cccc3F)c(F)cc2N)C[C@@H](O)[C@@H]1O. The smallest absolute Gasteiger partial charge is 0.187 e. The van der Waals surface area contributed by atoms with Gasteiger partial charge in [0.1, 0.15) is 23.0 Å². The van der Waals surface area contributed by atoms with Crippen LogP contribution in [0.4, 0.5) is 24.5 Å². The largest absolute Gasteiger partial charge is 0.397 e. The number of pyridine rings is 2. The van der Waals surface area contributed by atoms with E-state index in [-0.39, 0.29) is 30.3 Å². The van der Waals surface area contributed by atoms with Crippen molar-refractivity contribution in [1.29, 1.82) is 0 Å². The van der Waals surface area contributed by atoms with Crippen molar-refractivity contribution in [2.45, 2.75) is 25.6 Å². The maximum Gasteiger partial charge on any atom is 0.187 e. The minimum atomic E-state index is -1.06. The van der Waals surface area contributed by atoms with Crippen molar-refractivity contribution < 1.29 is 28.2 Å². The van der Waals surface area contributed by atoms with Crippen LogP contribution in [0, 0.1) is 23.4 Å². The first-order valence-corrected chi connectivity index (χ1v) is 10.6. The van der Waals surface area contributed by atoms with E-state index in [1.165, 1.54) is 12.4 Å². The minimum Gasteiger partial charge on any atom is -0.397 e. The van der Waals surface area contributed by atoms with Gasteiger partial charge in [-0.1, -0.05) is 13.0 Å². The Balaban J connectivity index is 1.67. The van der Waals surface area contributed by atoms with E-state index >= 15 is 0 Å². The van der Waals surface area contributed by atoms with Crippen LogP contribution < -0.4 is 10.6 Å². The summed E-state index contributed by atoms with van der Waals surface area (Å²) in [4.78, 5) is 22.9. The number of nitrogen functional groups attached to an aromatic ring is 1. The molecule has 1 saturated heterocycles. The van der Waals surface area contributed by atoms with E-state index < -0.39 is 46.7 Å². The number of aliphatic hydroxyl groups excluding tert-OH is 2. The molecule has 2 aromatic heterocycles. The zero-order valence-corrected chi connectivity index (χ0v) is 18.3. The van der Waals surface area contributed by atoms with Gasteiger partial charge in [-0.25, -0.2) is 18.2 Å². The molecule has 10 heteroatoms. The number of nitrogens with two attached hydrogens (primary N) is 1. The summed E-state index contributed by atoms with van der Waals surface area (Å²) in [6.45, 7) is 2.40. The topological polar surface area (TPSA) is 113 Å². The van der Waals surface area contributed by atoms with Crippen LogP contribution in [0.5, 0.6) is 0 Å². The highest BCUT2D eigenvalue weighted by Gasteiger charge is 2.33. The Morgan fingerprint density at radius 3 is 2.53 bits per heavy atom. The molecule has 1 aliphatic heterocycles. The number of piperidine rings is 1. The minimum absolute atomic E-state index is 0.157. The first-order valence-electron chi connectivity index (χ1n) is 10.6. The Bertz CT molecular complexity index is 1210. The maximum absolute atomic E-state index is 14.5. The van der Waals surface area contributed by atoms with Gasteiger partial charge in [-0.3, -0.25) is 9.78 Å². The molecule has 4 N–H and O–H groups in total. The fourth-order valence-corrected chi connectivity index (χ4v) is 4.19. The van der Waals surface area contributed by atoms with Crippen molar-refractivity contribution in [3.8, 4) is 11.3 Å². The Hall–Kier alpha value is -3.50. The first-order chi connectivity index (χ1) is 16.2. The molecule has 178 valence electrons. The number of Topliss-reactive ketones (excluding diaryl/α,β-unsaturated/α-hetero) is 1. The molecule has 3 heterocycles. The van der Waals surface area contributed by atoms with Crippen LogP contribution in [0.25, 0.3) is 11.3 Å². The van der Waals surface area contributed by atoms with Crippen LogP contribution in [-0.2, 0) is 6.42 Å². The van der Waals surface area contributed by atoms with Gasteiger partial charge in [0, 0.05) is 55.1 Å². The Morgan fingerprint density at radius 2 is 1.85 bits per heavy atom. The summed E-state index contributed by atoms with van der Waals surface area (Å²) in [6, 6.07) is 5.56. The molecule has 34 heavy (non-hydrogen) atoms. The summed E-state index contributed by atoms with van der Waals surface area (Å²) >= 11 is 0. The summed E-state index contributed by atoms with van der Waals surface area (Å²) < 4.78 is 43.0. The molecule has 0 aliphatic carbocycles. The van der Waals surface area contributed by atoms with Gasteiger partial charge in [0.2, 0.25) is 0 Å². The average Bonchev–Trinajstić information content (AvgIpc) is 2.78. The second-order valence-electron chi connectivity index (χ2n) is 8.40. The van der Waals surface area contributed by atoms with Crippen molar-refractivity contribution in [3.63, 3.8) is 0 Å². The third-order valence-corrected chi connectivity index (χ3v) is 5.93. The lowest BCUT2D eigenvalue weighted by Gasteiger charge is -2.39. The lowest BCUT2D eigenvalue weighted by Crippen LogP contribution is -2.51. The molecular weight excluding hydrogens is 449 g/mol. The van der Waals surface area contributed by atoms with E-state index in [1.54, 1.807) is 13.0 Å². The number of rotatable bonds is 5. The van der Waals surface area contributed by atoms with Gasteiger partial charge in [0.15, 0.2) is 11.6 Å². The first kappa shape index (κ1) is 23.7. The molecule has 1 aromatic carbocycles. The molecule has 3 atom stereocenters. The highest BCUT2D eigenvalue weighted by atomic mass is 19.1. The number of nitrogens with zero attached hydrogens (tertiary/aromatic N) is 3. The lowest BCUT2D eigenvalue weighted by atomic mass is 9.93. The van der Waals surface area contributed by atoms with E-state index in [2.05, 4.69) is 9.97 Å². The summed E-state index contributed by atoms with van der Waals surface area (Å²) in [7, 11) is 0. The predicted octanol–water partition coefficient (Wildman–Crippen LogP) is 2.75. The normalized spacial score (nSPS) is 20.4. The molecule has 0 radical (unpaired) electrons. The van der Waals surface area contributed by atoms with E-state index in [1.807, 2.05) is 4.90 Å². The molecule has 3 aromatic rings. The van der Waals surface area contributed by atoms with Crippen LogP contribution >= 0.6 is 0 Å². The van der Waals surface area contributed by atoms with Crippen LogP contribution in [-0.4, -0.2) is 51.3 Å². The number of anilines is 2. The molecule has 1 aliphatic rings. The molecule has 0 bridgehead atoms. The quantitative estimate of drug-likeness (QED) is 0.490. The number of halogens is 3. The molecule has 1 fully saturated rings. The van der Waals surface area contributed by atoms with Crippen molar-refractivity contribution in [1.82, 2.24) is 9.97 Å². The number of carbonyl (C=O) groups excluding carboxylic acids is 1. The zero-order chi connectivity index (χ0) is 24.6. The highest BCUT2D eigenvalue weighted by Crippen LogP contribution is 2.31. The van der Waals surface area contributed by atoms with Crippen molar-refractivity contribution in [3.05, 3.63) is 71.4 Å². The third-order valence-electron chi connectivity index (χ3n) is 5.93. The maximum atomic E-state index is 14.5. The Kier molecular flexibility index (Phi) is 6.54. The molecule has 0 amide bonds. The van der Waals surface area contributed by atoms with Crippen LogP contribution in [0.2, 0.25) is 0 Å². The summed E-state index contributed by atoms with van der Waals surface area (Å²) in [6.07, 6.45) is 0.965. The van der Waals surface area contributed by atoms with Crippen molar-refractivity contribution >= 4 is 17.2 Å². The molecule has 7 nitrogen and oxygen atoms in total. The average molecular weight is 472 g/mol. The third kappa shape index (κ3) is 4.46. The van der Waals surface area contributed by atoms with E-state index in [9.17, 15) is 28.2 Å². The molecule has 0 saturated carbocycles. The van der Waals surface area contributed by atoms with E-state index in [0.29, 0.717) is 17.8 Å². The van der Waals surface area contributed by atoms with E-state index in [4.69, 9.17) is 5.73 Å². The zero-order valence-electron chi connectivity index (χ0n) is 18.3. The van der Waals surface area contributed by atoms with Gasteiger partial charge in [0.25, 0.3) is 0 Å². The number of aliphatic hydroxyl groups is 2. The second-order valence-corrected chi connectivity index (χ2v) is 8.40. The van der Waals surface area contributed by atoms with Gasteiger partial charge >= 0.3 is 0 Å². The van der Waals surface area contributed by atoms with E-state index in [0.717, 1.165) is 24.3 Å². The van der Waals surface area contributed by atoms with Crippen LogP contribution in [0.1, 0.15) is 23.0 Å². The van der Waals surface area contributed by atoms with Crippen LogP contribution in [0.15, 0.2) is 42.7 Å². The standard InChI is InChI=1S/C24H23F3N4O3/c1-12-10-31(11-20(33)24(12)34)18-5-6-29-9-13(18)7-19(32)23-17(28)8-16(27)22(30-23)21-14(25)3-2-4-15(21)26/h2-6,8-9,12,20,24,33-34H,7,10-11,28H2,1H3/t12-,20+,24+/m0/s1. The summed E-state index contributed by atoms with van der Waals surface area (Å²) in [5, 5.41) is 20.2. The lowest BCUT2D eigenvalue weighted by molar-refractivity contribution is -0.0213. The summed E-state index contributed by atoms with van der Waals surface area (Å²) in [5.41, 5.74) is 5.03. The predicted molar refractivity (Wildman–Crippen MR) is 120 cm³/mol. The van der Waals surface area contributed by atoms with Crippen molar-refractivity contribution in [2.24, 2.45) is 5.92 Å². The number of benzene rings is 1. The number of β-amino-alcohol motifs (C(OH)–C–C–N with tert-alkyl or cyclic N) is 1. The second kappa shape index (κ2) is 9.40. The number of aromatic nitrogens is 2. The number of hydrogen-bond acceptors (Lipinski definition) is 7. The molecule has 0 unspecified atom stereocenters. The summed E-state index contributed by atoms with van der Waals surface area (Å²) in [5.74, 6) is -3.92. The number of ketones is 1. The Labute approximate surface area is 193 Å². The fourth-order valence-electron chi connectivity index (χ4n) is 4.19. The highest BCUT2D eigenvalue weighted by molar-refractivity contribution is 6.01. The van der Waals surface area contributed by atoms with Gasteiger partial charge in [0.05, 0.1) is 23.5 Å². The van der Waals surface area contributed by atoms with Crippen molar-refractivity contribution in [2.75, 3.05) is 23.7 Å². The number of carbonyl (C=O) groups is 1. The van der Waals surface area contributed by atoms with Gasteiger partial charge < -0.3 is 20.8 Å².